The number of para-hydroxylation sites is 2. The predicted octanol–water partition coefficient (Wildman–Crippen LogP) is 16.7. The molecule has 0 atom stereocenters. The Bertz CT molecular complexity index is 3270. The summed E-state index contributed by atoms with van der Waals surface area (Å²) < 4.78 is 2.94. The zero-order valence-electron chi connectivity index (χ0n) is 34.6. The summed E-state index contributed by atoms with van der Waals surface area (Å²) in [6.07, 6.45) is 0. The minimum absolute atomic E-state index is 0.374. The number of benzene rings is 10. The molecule has 11 aromatic rings. The number of anilines is 6. The number of nitrogens with zero attached hydrogens (tertiary/aromatic N) is 2. The molecule has 1 aromatic heterocycles. The Balaban J connectivity index is 0.850. The van der Waals surface area contributed by atoms with Crippen molar-refractivity contribution in [3.8, 4) is 44.5 Å². The maximum absolute atomic E-state index is 2.38. The fraction of sp³-hybridized carbons (Fsp3) is 0. The van der Waals surface area contributed by atoms with Gasteiger partial charge in [0.05, 0.1) is 0 Å². The molecule has 0 aliphatic rings. The van der Waals surface area contributed by atoms with Gasteiger partial charge in [-0.2, -0.15) is 0 Å². The van der Waals surface area contributed by atoms with Crippen LogP contribution in [-0.2, 0) is 0 Å². The molecule has 0 amide bonds. The first-order valence-corrected chi connectivity index (χ1v) is 23.1. The van der Waals surface area contributed by atoms with Crippen LogP contribution in [0.5, 0.6) is 0 Å². The van der Waals surface area contributed by atoms with E-state index in [2.05, 4.69) is 265 Å². The average Bonchev–Trinajstić information content (AvgIpc) is 3.74. The van der Waals surface area contributed by atoms with Gasteiger partial charge in [-0.25, -0.2) is 0 Å². The van der Waals surface area contributed by atoms with E-state index < -0.39 is 0 Å². The summed E-state index contributed by atoms with van der Waals surface area (Å²) >= 11 is 0.374. The summed E-state index contributed by atoms with van der Waals surface area (Å²) in [4.78, 5) is 4.66. The molecule has 0 saturated heterocycles. The molecule has 10 aromatic carbocycles. The van der Waals surface area contributed by atoms with Gasteiger partial charge in [0.1, 0.15) is 0 Å². The van der Waals surface area contributed by atoms with Crippen LogP contribution in [0.25, 0.3) is 63.8 Å². The number of rotatable bonds is 10. The second-order valence-electron chi connectivity index (χ2n) is 15.8. The Labute approximate surface area is 375 Å². The van der Waals surface area contributed by atoms with Crippen molar-refractivity contribution in [2.45, 2.75) is 0 Å². The second kappa shape index (κ2) is 17.0. The Morgan fingerprint density at radius 3 is 0.921 bits per heavy atom. The van der Waals surface area contributed by atoms with Crippen molar-refractivity contribution in [3.63, 3.8) is 0 Å². The fourth-order valence-electron chi connectivity index (χ4n) is 8.65. The van der Waals surface area contributed by atoms with Crippen LogP contribution in [0.1, 0.15) is 0 Å². The van der Waals surface area contributed by atoms with Crippen LogP contribution in [0.2, 0.25) is 0 Å². The van der Waals surface area contributed by atoms with Crippen LogP contribution in [-0.4, -0.2) is 14.5 Å². The zero-order chi connectivity index (χ0) is 42.0. The molecule has 11 rings (SSSR count). The third kappa shape index (κ3) is 7.77. The molecule has 0 radical (unpaired) electrons. The van der Waals surface area contributed by atoms with Crippen molar-refractivity contribution in [2.75, 3.05) is 9.80 Å². The summed E-state index contributed by atoms with van der Waals surface area (Å²) in [7, 11) is 0. The third-order valence-corrected chi connectivity index (χ3v) is 14.3. The van der Waals surface area contributed by atoms with E-state index in [1.807, 2.05) is 0 Å². The van der Waals surface area contributed by atoms with Gasteiger partial charge in [0.2, 0.25) is 0 Å². The van der Waals surface area contributed by atoms with Crippen LogP contribution < -0.4 is 9.80 Å². The smallest absolute Gasteiger partial charge is 0.0617 e. The van der Waals surface area contributed by atoms with E-state index >= 15 is 0 Å². The molecule has 2 nitrogen and oxygen atoms in total. The topological polar surface area (TPSA) is 6.48 Å². The first-order valence-electron chi connectivity index (χ1n) is 21.4. The monoisotopic (exact) mass is 870 g/mol. The number of hydrogen-bond acceptors (Lipinski definition) is 2. The molecule has 1 heterocycles. The molecule has 0 aliphatic heterocycles. The van der Waals surface area contributed by atoms with Gasteiger partial charge >= 0.3 is 182 Å². The van der Waals surface area contributed by atoms with E-state index in [4.69, 9.17) is 0 Å². The van der Waals surface area contributed by atoms with E-state index in [0.717, 1.165) is 34.1 Å². The normalized spacial score (nSPS) is 11.2. The van der Waals surface area contributed by atoms with Crippen molar-refractivity contribution in [1.82, 2.24) is 0 Å². The van der Waals surface area contributed by atoms with Crippen molar-refractivity contribution >= 4 is 67.9 Å². The van der Waals surface area contributed by atoms with Crippen molar-refractivity contribution in [1.29, 1.82) is 0 Å². The van der Waals surface area contributed by atoms with Gasteiger partial charge in [-0.05, 0) is 69.8 Å². The van der Waals surface area contributed by atoms with Gasteiger partial charge in [0.15, 0.2) is 0 Å². The minimum atomic E-state index is 0.374. The second-order valence-corrected chi connectivity index (χ2v) is 18.1. The Kier molecular flexibility index (Phi) is 10.3. The van der Waals surface area contributed by atoms with Gasteiger partial charge in [0, 0.05) is 17.1 Å². The summed E-state index contributed by atoms with van der Waals surface area (Å²) in [5.74, 6) is 0. The predicted molar refractivity (Wildman–Crippen MR) is 270 cm³/mol. The van der Waals surface area contributed by atoms with E-state index in [1.165, 1.54) is 63.8 Å². The molecule has 0 aliphatic carbocycles. The van der Waals surface area contributed by atoms with Gasteiger partial charge in [-0.3, -0.25) is 0 Å². The molecule has 0 spiro atoms. The number of fused-ring (bicyclic) bond motifs is 3. The van der Waals surface area contributed by atoms with E-state index in [-0.39, 0.29) is 0 Å². The van der Waals surface area contributed by atoms with Crippen LogP contribution in [0.4, 0.5) is 34.1 Å². The molecular weight excluding hydrogens is 828 g/mol. The minimum Gasteiger partial charge on any atom is -0.0617 e. The van der Waals surface area contributed by atoms with Crippen molar-refractivity contribution in [3.05, 3.63) is 255 Å². The number of hydrogen-bond donors (Lipinski definition) is 0. The van der Waals surface area contributed by atoms with Crippen LogP contribution in [0.3, 0.4) is 0 Å². The SMILES string of the molecule is c1ccc(-c2ccc(-c3ccc(N(c4ccccc4)c4ccc(-c5ccc(N(c6ccccc6)c6ccc(-c7ccc8[se]c9ccccc9c8c7)cc6)cc5)cc4)cc3)cc2)cc1. The van der Waals surface area contributed by atoms with Gasteiger partial charge in [0.25, 0.3) is 0 Å². The molecule has 0 fully saturated rings. The maximum atomic E-state index is 2.38. The average molecular weight is 870 g/mol. The summed E-state index contributed by atoms with van der Waals surface area (Å²) in [5, 5.41) is 2.77. The van der Waals surface area contributed by atoms with Crippen LogP contribution in [0, 0.1) is 0 Å². The summed E-state index contributed by atoms with van der Waals surface area (Å²) in [6.45, 7) is 0. The fourth-order valence-corrected chi connectivity index (χ4v) is 10.9. The molecule has 0 saturated carbocycles. The first-order chi connectivity index (χ1) is 31.2. The molecule has 3 heteroatoms. The molecule has 0 N–H and O–H groups in total. The van der Waals surface area contributed by atoms with E-state index in [1.54, 1.807) is 0 Å². The Morgan fingerprint density at radius 2 is 0.492 bits per heavy atom. The van der Waals surface area contributed by atoms with Crippen LogP contribution in [0.15, 0.2) is 255 Å². The first kappa shape index (κ1) is 38.3. The Hall–Kier alpha value is -7.68. The molecular formula is C60H42N2Se. The summed E-state index contributed by atoms with van der Waals surface area (Å²) in [6, 6.07) is 92.2. The quantitative estimate of drug-likeness (QED) is 0.126. The van der Waals surface area contributed by atoms with Gasteiger partial charge in [-0.1, -0.05) is 103 Å². The van der Waals surface area contributed by atoms with E-state index in [0.29, 0.717) is 14.5 Å². The molecule has 63 heavy (non-hydrogen) atoms. The standard InChI is InChI=1S/C60H42N2Se/c1-4-12-43(13-5-1)44-20-22-45(23-21-44)46-24-33-53(34-25-46)61(51-14-6-2-7-15-51)54-35-26-47(27-36-54)48-28-37-55(38-29-48)62(52-16-8-3-9-17-52)56-39-30-49(31-40-56)50-32-41-60-58(42-50)57-18-10-11-19-59(57)63-60/h1-42H. The summed E-state index contributed by atoms with van der Waals surface area (Å²) in [5.41, 5.74) is 16.3. The van der Waals surface area contributed by atoms with E-state index in [9.17, 15) is 0 Å². The van der Waals surface area contributed by atoms with Crippen molar-refractivity contribution < 1.29 is 0 Å². The van der Waals surface area contributed by atoms with Gasteiger partial charge in [-0.15, -0.1) is 0 Å². The molecule has 298 valence electrons. The zero-order valence-corrected chi connectivity index (χ0v) is 36.3. The molecule has 0 unspecified atom stereocenters. The Morgan fingerprint density at radius 1 is 0.206 bits per heavy atom. The molecule has 0 bridgehead atoms. The van der Waals surface area contributed by atoms with Crippen LogP contribution >= 0.6 is 0 Å². The van der Waals surface area contributed by atoms with Gasteiger partial charge < -0.3 is 4.90 Å². The van der Waals surface area contributed by atoms with Crippen molar-refractivity contribution in [2.24, 2.45) is 0 Å². The third-order valence-electron chi connectivity index (χ3n) is 11.9.